The lowest BCUT2D eigenvalue weighted by Gasteiger charge is -2.33. The fourth-order valence-electron chi connectivity index (χ4n) is 4.24. The van der Waals surface area contributed by atoms with Crippen molar-refractivity contribution in [3.8, 4) is 0 Å². The predicted molar refractivity (Wildman–Crippen MR) is 120 cm³/mol. The molecule has 1 saturated heterocycles. The van der Waals surface area contributed by atoms with Gasteiger partial charge < -0.3 is 5.32 Å². The van der Waals surface area contributed by atoms with E-state index in [1.54, 1.807) is 12.1 Å². The topological polar surface area (TPSA) is 104 Å². The van der Waals surface area contributed by atoms with Crippen molar-refractivity contribution in [1.29, 1.82) is 0 Å². The SMILES string of the molecule is CNC(=O)c1ccc(S(=O)(=O)N2CCN(S(=O)(=O)c3ccc4c(c3)CCCC4)CC2)cc1. The van der Waals surface area contributed by atoms with E-state index >= 15 is 0 Å². The summed E-state index contributed by atoms with van der Waals surface area (Å²) in [7, 11) is -5.95. The quantitative estimate of drug-likeness (QED) is 0.705. The lowest BCUT2D eigenvalue weighted by molar-refractivity contribution is 0.0963. The number of rotatable bonds is 5. The van der Waals surface area contributed by atoms with Crippen LogP contribution in [0.5, 0.6) is 0 Å². The number of nitrogens with one attached hydrogen (secondary N) is 1. The highest BCUT2D eigenvalue weighted by molar-refractivity contribution is 7.89. The molecule has 0 unspecified atom stereocenters. The van der Waals surface area contributed by atoms with Crippen molar-refractivity contribution in [3.05, 3.63) is 59.2 Å². The van der Waals surface area contributed by atoms with Gasteiger partial charge in [0.1, 0.15) is 0 Å². The van der Waals surface area contributed by atoms with Crippen molar-refractivity contribution in [2.75, 3.05) is 33.2 Å². The summed E-state index contributed by atoms with van der Waals surface area (Å²) >= 11 is 0. The van der Waals surface area contributed by atoms with Gasteiger partial charge in [0.15, 0.2) is 0 Å². The van der Waals surface area contributed by atoms with Crippen molar-refractivity contribution in [3.63, 3.8) is 0 Å². The zero-order valence-corrected chi connectivity index (χ0v) is 19.6. The number of hydrogen-bond acceptors (Lipinski definition) is 5. The maximum Gasteiger partial charge on any atom is 0.251 e. The van der Waals surface area contributed by atoms with Crippen LogP contribution in [0, 0.1) is 0 Å². The van der Waals surface area contributed by atoms with Crippen LogP contribution in [-0.2, 0) is 32.9 Å². The molecule has 1 heterocycles. The lowest BCUT2D eigenvalue weighted by Crippen LogP contribution is -2.50. The van der Waals surface area contributed by atoms with Gasteiger partial charge in [0.2, 0.25) is 20.0 Å². The number of carbonyl (C=O) groups excluding carboxylic acids is 1. The van der Waals surface area contributed by atoms with Crippen LogP contribution in [0.2, 0.25) is 0 Å². The Kier molecular flexibility index (Phi) is 6.39. The Balaban J connectivity index is 1.47. The van der Waals surface area contributed by atoms with Crippen LogP contribution in [-0.4, -0.2) is 64.6 Å². The van der Waals surface area contributed by atoms with Gasteiger partial charge in [-0.05, 0) is 73.2 Å². The molecular formula is C22H27N3O5S2. The summed E-state index contributed by atoms with van der Waals surface area (Å²) in [6.45, 7) is 0.331. The van der Waals surface area contributed by atoms with E-state index in [1.807, 2.05) is 6.07 Å². The maximum absolute atomic E-state index is 13.1. The number of benzene rings is 2. The van der Waals surface area contributed by atoms with Crippen LogP contribution in [0.3, 0.4) is 0 Å². The molecule has 32 heavy (non-hydrogen) atoms. The highest BCUT2D eigenvalue weighted by atomic mass is 32.2. The number of hydrogen-bond donors (Lipinski definition) is 1. The largest absolute Gasteiger partial charge is 0.355 e. The van der Waals surface area contributed by atoms with Gasteiger partial charge in [-0.15, -0.1) is 0 Å². The Morgan fingerprint density at radius 3 is 1.81 bits per heavy atom. The molecule has 1 aliphatic carbocycles. The zero-order valence-electron chi connectivity index (χ0n) is 18.0. The molecular weight excluding hydrogens is 450 g/mol. The molecule has 0 aromatic heterocycles. The summed E-state index contributed by atoms with van der Waals surface area (Å²) in [5, 5.41) is 2.49. The smallest absolute Gasteiger partial charge is 0.251 e. The Labute approximate surface area is 189 Å². The first-order valence-electron chi connectivity index (χ1n) is 10.7. The van der Waals surface area contributed by atoms with Crippen LogP contribution in [0.4, 0.5) is 0 Å². The van der Waals surface area contributed by atoms with Gasteiger partial charge in [0, 0.05) is 38.8 Å². The number of fused-ring (bicyclic) bond motifs is 1. The molecule has 2 aromatic carbocycles. The molecule has 1 amide bonds. The molecule has 1 N–H and O–H groups in total. The number of piperazine rings is 1. The summed E-state index contributed by atoms with van der Waals surface area (Å²) in [4.78, 5) is 12.0. The molecule has 0 saturated carbocycles. The van der Waals surface area contributed by atoms with E-state index in [9.17, 15) is 21.6 Å². The van der Waals surface area contributed by atoms with Crippen LogP contribution < -0.4 is 5.32 Å². The highest BCUT2D eigenvalue weighted by Gasteiger charge is 2.34. The fourth-order valence-corrected chi connectivity index (χ4v) is 7.14. The minimum Gasteiger partial charge on any atom is -0.355 e. The highest BCUT2D eigenvalue weighted by Crippen LogP contribution is 2.27. The van der Waals surface area contributed by atoms with E-state index in [4.69, 9.17) is 0 Å². The minimum atomic E-state index is -3.78. The monoisotopic (exact) mass is 477 g/mol. The summed E-state index contributed by atoms with van der Waals surface area (Å²) in [5.41, 5.74) is 2.68. The molecule has 0 bridgehead atoms. The lowest BCUT2D eigenvalue weighted by atomic mass is 9.92. The Bertz CT molecular complexity index is 1220. The summed E-state index contributed by atoms with van der Waals surface area (Å²) in [6, 6.07) is 11.1. The van der Waals surface area contributed by atoms with Gasteiger partial charge >= 0.3 is 0 Å². The Morgan fingerprint density at radius 2 is 1.25 bits per heavy atom. The van der Waals surface area contributed by atoms with Crippen molar-refractivity contribution < 1.29 is 21.6 Å². The standard InChI is InChI=1S/C22H27N3O5S2/c1-23-22(26)18-7-9-20(10-8-18)31(27,28)24-12-14-25(15-13-24)32(29,30)21-11-6-17-4-2-3-5-19(17)16-21/h6-11,16H,2-5,12-15H2,1H3,(H,23,26). The van der Waals surface area contributed by atoms with E-state index < -0.39 is 20.0 Å². The summed E-state index contributed by atoms with van der Waals surface area (Å²) < 4.78 is 54.9. The number of aryl methyl sites for hydroxylation is 2. The summed E-state index contributed by atoms with van der Waals surface area (Å²) in [5.74, 6) is -0.296. The molecule has 0 atom stereocenters. The number of amides is 1. The first-order chi connectivity index (χ1) is 15.2. The Hall–Kier alpha value is -2.27. The molecule has 0 radical (unpaired) electrons. The van der Waals surface area contributed by atoms with E-state index in [0.29, 0.717) is 5.56 Å². The maximum atomic E-state index is 13.1. The third-order valence-electron chi connectivity index (χ3n) is 6.14. The molecule has 172 valence electrons. The molecule has 1 aliphatic heterocycles. The molecule has 2 aromatic rings. The van der Waals surface area contributed by atoms with E-state index in [-0.39, 0.29) is 41.9 Å². The second-order valence-corrected chi connectivity index (χ2v) is 11.9. The first-order valence-corrected chi connectivity index (χ1v) is 13.6. The van der Waals surface area contributed by atoms with Crippen LogP contribution in [0.15, 0.2) is 52.3 Å². The van der Waals surface area contributed by atoms with Crippen LogP contribution in [0.25, 0.3) is 0 Å². The zero-order chi connectivity index (χ0) is 22.9. The molecule has 1 fully saturated rings. The van der Waals surface area contributed by atoms with Gasteiger partial charge in [0.05, 0.1) is 9.79 Å². The third-order valence-corrected chi connectivity index (χ3v) is 9.94. The minimum absolute atomic E-state index is 0.0731. The second kappa shape index (κ2) is 8.93. The van der Waals surface area contributed by atoms with Crippen LogP contribution >= 0.6 is 0 Å². The second-order valence-electron chi connectivity index (χ2n) is 8.05. The van der Waals surface area contributed by atoms with Gasteiger partial charge in [0.25, 0.3) is 5.91 Å². The fraction of sp³-hybridized carbons (Fsp3) is 0.409. The molecule has 0 spiro atoms. The van der Waals surface area contributed by atoms with E-state index in [1.165, 1.54) is 45.5 Å². The Morgan fingerprint density at radius 1 is 0.750 bits per heavy atom. The number of sulfonamides is 2. The average Bonchev–Trinajstić information content (AvgIpc) is 2.83. The van der Waals surface area contributed by atoms with E-state index in [0.717, 1.165) is 31.2 Å². The van der Waals surface area contributed by atoms with Crippen LogP contribution in [0.1, 0.15) is 34.3 Å². The number of nitrogens with zero attached hydrogens (tertiary/aromatic N) is 2. The first kappa shape index (κ1) is 22.9. The van der Waals surface area contributed by atoms with Gasteiger partial charge in [-0.25, -0.2) is 16.8 Å². The van der Waals surface area contributed by atoms with Crippen molar-refractivity contribution in [2.45, 2.75) is 35.5 Å². The van der Waals surface area contributed by atoms with Gasteiger partial charge in [-0.2, -0.15) is 8.61 Å². The van der Waals surface area contributed by atoms with Crippen molar-refractivity contribution >= 4 is 26.0 Å². The molecule has 10 heteroatoms. The van der Waals surface area contributed by atoms with E-state index in [2.05, 4.69) is 5.32 Å². The third kappa shape index (κ3) is 4.32. The molecule has 2 aliphatic rings. The normalized spacial score (nSPS) is 18.2. The van der Waals surface area contributed by atoms with Gasteiger partial charge in [-0.1, -0.05) is 6.07 Å². The molecule has 4 rings (SSSR count). The van der Waals surface area contributed by atoms with Gasteiger partial charge in [-0.3, -0.25) is 4.79 Å². The molecule has 8 nitrogen and oxygen atoms in total. The van der Waals surface area contributed by atoms with Crippen molar-refractivity contribution in [1.82, 2.24) is 13.9 Å². The average molecular weight is 478 g/mol. The summed E-state index contributed by atoms with van der Waals surface area (Å²) in [6.07, 6.45) is 4.07. The predicted octanol–water partition coefficient (Wildman–Crippen LogP) is 1.62. The number of carbonyl (C=O) groups is 1. The van der Waals surface area contributed by atoms with Crippen molar-refractivity contribution in [2.24, 2.45) is 0 Å².